The summed E-state index contributed by atoms with van der Waals surface area (Å²) in [5.41, 5.74) is 0.786. The molecule has 1 aliphatic heterocycles. The van der Waals surface area contributed by atoms with E-state index in [4.69, 9.17) is 0 Å². The quantitative estimate of drug-likeness (QED) is 0.683. The Morgan fingerprint density at radius 2 is 1.87 bits per heavy atom. The summed E-state index contributed by atoms with van der Waals surface area (Å²) in [7, 11) is 0. The molecule has 0 spiro atoms. The molecule has 0 radical (unpaired) electrons. The van der Waals surface area contributed by atoms with Crippen LogP contribution < -0.4 is 10.2 Å². The molecule has 0 saturated heterocycles. The maximum atomic E-state index is 13.6. The number of hydrogen-bond donors (Lipinski definition) is 1. The summed E-state index contributed by atoms with van der Waals surface area (Å²) in [5, 5.41) is 3.96. The van der Waals surface area contributed by atoms with Crippen molar-refractivity contribution in [3.8, 4) is 0 Å². The smallest absolute Gasteiger partial charge is 0.275 e. The summed E-state index contributed by atoms with van der Waals surface area (Å²) in [5.74, 6) is -0.422. The largest absolute Gasteiger partial charge is 0.354 e. The van der Waals surface area contributed by atoms with Crippen molar-refractivity contribution in [1.82, 2.24) is 9.88 Å². The molecule has 2 aromatic carbocycles. The molecule has 6 heteroatoms. The highest BCUT2D eigenvalue weighted by atomic mass is 19.1. The molecule has 1 aliphatic rings. The van der Waals surface area contributed by atoms with Gasteiger partial charge in [-0.1, -0.05) is 32.0 Å². The van der Waals surface area contributed by atoms with Crippen LogP contribution in [-0.2, 0) is 11.3 Å². The maximum Gasteiger partial charge on any atom is 0.275 e. The average Bonchev–Trinajstić information content (AvgIpc) is 3.08. The third-order valence-electron chi connectivity index (χ3n) is 5.77. The van der Waals surface area contributed by atoms with Crippen LogP contribution in [0.2, 0.25) is 0 Å². The number of aromatic nitrogens is 1. The fourth-order valence-electron chi connectivity index (χ4n) is 4.11. The first-order chi connectivity index (χ1) is 14.3. The fourth-order valence-corrected chi connectivity index (χ4v) is 4.11. The highest BCUT2D eigenvalue weighted by Gasteiger charge is 2.48. The first kappa shape index (κ1) is 20.1. The van der Waals surface area contributed by atoms with Crippen LogP contribution in [0.25, 0.3) is 10.9 Å². The third-order valence-corrected chi connectivity index (χ3v) is 5.77. The second kappa shape index (κ2) is 7.59. The predicted octanol–water partition coefficient (Wildman–Crippen LogP) is 4.36. The number of carbonyl (C=O) groups is 2. The normalized spacial score (nSPS) is 18.7. The molecule has 0 unspecified atom stereocenters. The minimum atomic E-state index is -1.15. The molecule has 0 aliphatic carbocycles. The Morgan fingerprint density at radius 3 is 2.57 bits per heavy atom. The maximum absolute atomic E-state index is 13.6. The Bertz CT molecular complexity index is 1100. The fraction of sp³-hybridized carbons (Fsp3) is 0.333. The Morgan fingerprint density at radius 1 is 1.17 bits per heavy atom. The van der Waals surface area contributed by atoms with E-state index in [1.165, 1.54) is 17.0 Å². The number of para-hydroxylation sites is 1. The molecule has 1 atom stereocenters. The lowest BCUT2D eigenvalue weighted by molar-refractivity contribution is -0.126. The van der Waals surface area contributed by atoms with Gasteiger partial charge in [0.25, 0.3) is 5.91 Å². The molecule has 0 bridgehead atoms. The number of halogens is 1. The van der Waals surface area contributed by atoms with E-state index < -0.39 is 5.54 Å². The van der Waals surface area contributed by atoms with Gasteiger partial charge in [0.2, 0.25) is 5.91 Å². The van der Waals surface area contributed by atoms with Gasteiger partial charge in [0.1, 0.15) is 17.1 Å². The predicted molar refractivity (Wildman–Crippen MR) is 116 cm³/mol. The minimum Gasteiger partial charge on any atom is -0.354 e. The first-order valence-corrected chi connectivity index (χ1v) is 10.3. The number of hydrogen-bond acceptors (Lipinski definition) is 2. The zero-order chi connectivity index (χ0) is 21.5. The first-order valence-electron chi connectivity index (χ1n) is 10.3. The van der Waals surface area contributed by atoms with Gasteiger partial charge in [0.15, 0.2) is 0 Å². The molecule has 156 valence electrons. The van der Waals surface area contributed by atoms with Crippen LogP contribution in [0.4, 0.5) is 10.1 Å². The number of carbonyl (C=O) groups excluding carboxylic acids is 2. The van der Waals surface area contributed by atoms with E-state index in [2.05, 4.69) is 19.2 Å². The van der Waals surface area contributed by atoms with Gasteiger partial charge in [-0.05, 0) is 55.7 Å². The van der Waals surface area contributed by atoms with Gasteiger partial charge in [-0.15, -0.1) is 0 Å². The Kier molecular flexibility index (Phi) is 5.10. The molecule has 2 heterocycles. The summed E-state index contributed by atoms with van der Waals surface area (Å²) in [6.45, 7) is 6.82. The molecule has 1 aromatic heterocycles. The number of nitrogens with zero attached hydrogens (tertiary/aromatic N) is 2. The van der Waals surface area contributed by atoms with Crippen LogP contribution in [0.1, 0.15) is 37.7 Å². The molecular formula is C24H26FN3O2. The third kappa shape index (κ3) is 3.36. The van der Waals surface area contributed by atoms with E-state index in [0.29, 0.717) is 30.4 Å². The van der Waals surface area contributed by atoms with Crippen molar-refractivity contribution < 1.29 is 14.0 Å². The van der Waals surface area contributed by atoms with E-state index in [9.17, 15) is 14.0 Å². The van der Waals surface area contributed by atoms with Gasteiger partial charge in [0, 0.05) is 23.1 Å². The second-order valence-electron chi connectivity index (χ2n) is 8.50. The molecule has 0 saturated carbocycles. The summed E-state index contributed by atoms with van der Waals surface area (Å²) in [6, 6.07) is 15.3. The highest BCUT2D eigenvalue weighted by molar-refractivity contribution is 6.14. The second-order valence-corrected chi connectivity index (χ2v) is 8.50. The summed E-state index contributed by atoms with van der Waals surface area (Å²) in [4.78, 5) is 28.5. The lowest BCUT2D eigenvalue weighted by atomic mass is 9.93. The highest BCUT2D eigenvalue weighted by Crippen LogP contribution is 2.35. The number of amides is 2. The Balaban J connectivity index is 1.81. The van der Waals surface area contributed by atoms with Crippen molar-refractivity contribution in [2.75, 3.05) is 11.4 Å². The Labute approximate surface area is 175 Å². The van der Waals surface area contributed by atoms with Crippen molar-refractivity contribution in [1.29, 1.82) is 0 Å². The molecular weight excluding hydrogens is 381 g/mol. The Hall–Kier alpha value is -3.15. The topological polar surface area (TPSA) is 54.3 Å². The molecule has 4 rings (SSSR count). The summed E-state index contributed by atoms with van der Waals surface area (Å²) in [6.07, 6.45) is 0.851. The van der Waals surface area contributed by atoms with Crippen LogP contribution in [-0.4, -0.2) is 28.5 Å². The lowest BCUT2D eigenvalue weighted by Gasteiger charge is -2.44. The van der Waals surface area contributed by atoms with Gasteiger partial charge in [-0.2, -0.15) is 0 Å². The summed E-state index contributed by atoms with van der Waals surface area (Å²) >= 11 is 0. The summed E-state index contributed by atoms with van der Waals surface area (Å²) < 4.78 is 15.5. The number of rotatable bonds is 5. The van der Waals surface area contributed by atoms with Crippen LogP contribution in [0, 0.1) is 11.7 Å². The van der Waals surface area contributed by atoms with Crippen molar-refractivity contribution in [2.24, 2.45) is 5.92 Å². The lowest BCUT2D eigenvalue weighted by Crippen LogP contribution is -2.64. The van der Waals surface area contributed by atoms with Gasteiger partial charge in [-0.3, -0.25) is 14.5 Å². The zero-order valence-electron chi connectivity index (χ0n) is 17.5. The number of benzene rings is 2. The molecule has 3 aromatic rings. The molecule has 5 nitrogen and oxygen atoms in total. The van der Waals surface area contributed by atoms with Crippen LogP contribution in [0.3, 0.4) is 0 Å². The number of fused-ring (bicyclic) bond motifs is 3. The van der Waals surface area contributed by atoms with E-state index in [1.807, 2.05) is 34.9 Å². The minimum absolute atomic E-state index is 0.218. The molecule has 2 amide bonds. The SMILES string of the molecule is CC(C)CCNC(=O)[C@]1(C)Cn2c(cc3ccccc32)C(=O)N1c1ccc(F)cc1. The van der Waals surface area contributed by atoms with Crippen LogP contribution in [0.5, 0.6) is 0 Å². The average molecular weight is 407 g/mol. The number of nitrogens with one attached hydrogen (secondary N) is 1. The zero-order valence-corrected chi connectivity index (χ0v) is 17.5. The van der Waals surface area contributed by atoms with E-state index in [0.717, 1.165) is 17.3 Å². The monoisotopic (exact) mass is 407 g/mol. The van der Waals surface area contributed by atoms with Crippen molar-refractivity contribution in [3.05, 3.63) is 66.1 Å². The van der Waals surface area contributed by atoms with Gasteiger partial charge < -0.3 is 9.88 Å². The van der Waals surface area contributed by atoms with Crippen LogP contribution in [0.15, 0.2) is 54.6 Å². The van der Waals surface area contributed by atoms with Gasteiger partial charge in [0.05, 0.1) is 6.54 Å². The molecule has 1 N–H and O–H groups in total. The van der Waals surface area contributed by atoms with Crippen molar-refractivity contribution in [2.45, 2.75) is 39.3 Å². The van der Waals surface area contributed by atoms with Crippen molar-refractivity contribution >= 4 is 28.4 Å². The van der Waals surface area contributed by atoms with Crippen LogP contribution >= 0.6 is 0 Å². The number of anilines is 1. The van der Waals surface area contributed by atoms with E-state index in [1.54, 1.807) is 19.1 Å². The van der Waals surface area contributed by atoms with E-state index in [-0.39, 0.29) is 17.6 Å². The molecule has 30 heavy (non-hydrogen) atoms. The van der Waals surface area contributed by atoms with E-state index >= 15 is 0 Å². The molecule has 0 fully saturated rings. The standard InChI is InChI=1S/C24H26FN3O2/c1-16(2)12-13-26-23(30)24(3)15-27-20-7-5-4-6-17(20)14-21(27)22(29)28(24)19-10-8-18(25)9-11-19/h4-11,14,16H,12-13,15H2,1-3H3,(H,26,30)/t24-/m0/s1. The van der Waals surface area contributed by atoms with Crippen molar-refractivity contribution in [3.63, 3.8) is 0 Å². The van der Waals surface area contributed by atoms with Gasteiger partial charge in [-0.25, -0.2) is 4.39 Å². The van der Waals surface area contributed by atoms with Gasteiger partial charge >= 0.3 is 0 Å².